The van der Waals surface area contributed by atoms with Gasteiger partial charge in [-0.2, -0.15) is 0 Å². The lowest BCUT2D eigenvalue weighted by Crippen LogP contribution is -2.23. The van der Waals surface area contributed by atoms with Crippen molar-refractivity contribution in [1.29, 1.82) is 0 Å². The molecule has 4 rings (SSSR count). The lowest BCUT2D eigenvalue weighted by atomic mass is 10.2. The van der Waals surface area contributed by atoms with Gasteiger partial charge in [0.25, 0.3) is 0 Å². The van der Waals surface area contributed by atoms with Crippen molar-refractivity contribution in [1.82, 2.24) is 0 Å². The third kappa shape index (κ3) is 3.00. The van der Waals surface area contributed by atoms with Crippen LogP contribution in [-0.2, 0) is 4.79 Å². The number of hydrogen-bond acceptors (Lipinski definition) is 4. The Kier molecular flexibility index (Phi) is 3.97. The molecule has 2 heterocycles. The van der Waals surface area contributed by atoms with E-state index < -0.39 is 5.97 Å². The van der Waals surface area contributed by atoms with E-state index in [4.69, 9.17) is 4.74 Å². The molecule has 6 heteroatoms. The van der Waals surface area contributed by atoms with Crippen LogP contribution in [-0.4, -0.2) is 18.4 Å². The third-order valence-corrected chi connectivity index (χ3v) is 5.22. The molecule has 1 amide bonds. The predicted molar refractivity (Wildman–Crippen MR) is 94.8 cm³/mol. The van der Waals surface area contributed by atoms with Gasteiger partial charge in [0.05, 0.1) is 0 Å². The molecule has 0 bridgehead atoms. The highest BCUT2D eigenvalue weighted by atomic mass is 32.1. The summed E-state index contributed by atoms with van der Waals surface area (Å²) in [6.07, 6.45) is 1.43. The molecule has 1 aromatic heterocycles. The number of rotatable bonds is 3. The van der Waals surface area contributed by atoms with Crippen molar-refractivity contribution >= 4 is 39.0 Å². The van der Waals surface area contributed by atoms with E-state index >= 15 is 0 Å². The summed E-state index contributed by atoms with van der Waals surface area (Å²) in [5.41, 5.74) is 0.797. The number of halogens is 1. The molecule has 1 fully saturated rings. The molecule has 126 valence electrons. The lowest BCUT2D eigenvalue weighted by molar-refractivity contribution is -0.117. The van der Waals surface area contributed by atoms with Crippen LogP contribution in [0.5, 0.6) is 5.75 Å². The summed E-state index contributed by atoms with van der Waals surface area (Å²) < 4.78 is 19.8. The van der Waals surface area contributed by atoms with Crippen molar-refractivity contribution < 1.29 is 18.7 Å². The van der Waals surface area contributed by atoms with Gasteiger partial charge in [0.15, 0.2) is 0 Å². The Morgan fingerprint density at radius 1 is 1.16 bits per heavy atom. The number of thiophene rings is 1. The minimum Gasteiger partial charge on any atom is -0.422 e. The first-order chi connectivity index (χ1) is 12.1. The summed E-state index contributed by atoms with van der Waals surface area (Å²) in [4.78, 5) is 26.1. The van der Waals surface area contributed by atoms with Gasteiger partial charge >= 0.3 is 5.97 Å². The SMILES string of the molecule is O=C(Oc1ccc(N2CCCC2=O)cc1)c1cc2c(F)cccc2s1. The lowest BCUT2D eigenvalue weighted by Gasteiger charge is -2.15. The Labute approximate surface area is 147 Å². The summed E-state index contributed by atoms with van der Waals surface area (Å²) in [7, 11) is 0. The van der Waals surface area contributed by atoms with Gasteiger partial charge in [0.1, 0.15) is 16.4 Å². The molecule has 1 aliphatic rings. The number of ether oxygens (including phenoxy) is 1. The van der Waals surface area contributed by atoms with E-state index in [0.29, 0.717) is 33.7 Å². The second kappa shape index (κ2) is 6.29. The molecule has 0 N–H and O–H groups in total. The Morgan fingerprint density at radius 3 is 2.64 bits per heavy atom. The van der Waals surface area contributed by atoms with Crippen molar-refractivity contribution in [2.24, 2.45) is 0 Å². The normalized spacial score (nSPS) is 14.3. The Morgan fingerprint density at radius 2 is 1.96 bits per heavy atom. The van der Waals surface area contributed by atoms with Crippen molar-refractivity contribution in [2.45, 2.75) is 12.8 Å². The maximum atomic E-state index is 13.7. The molecule has 0 spiro atoms. The quantitative estimate of drug-likeness (QED) is 0.517. The summed E-state index contributed by atoms with van der Waals surface area (Å²) in [6, 6.07) is 13.1. The average molecular weight is 355 g/mol. The highest BCUT2D eigenvalue weighted by Crippen LogP contribution is 2.29. The van der Waals surface area contributed by atoms with E-state index in [9.17, 15) is 14.0 Å². The molecule has 4 nitrogen and oxygen atoms in total. The minimum atomic E-state index is -0.523. The molecule has 25 heavy (non-hydrogen) atoms. The zero-order valence-corrected chi connectivity index (χ0v) is 14.0. The second-order valence-corrected chi connectivity index (χ2v) is 6.88. The third-order valence-electron chi connectivity index (χ3n) is 4.14. The summed E-state index contributed by atoms with van der Waals surface area (Å²) in [6.45, 7) is 0.714. The molecule has 0 saturated carbocycles. The van der Waals surface area contributed by atoms with Gasteiger partial charge in [-0.25, -0.2) is 9.18 Å². The van der Waals surface area contributed by atoms with E-state index in [2.05, 4.69) is 0 Å². The molecule has 2 aromatic carbocycles. The van der Waals surface area contributed by atoms with Crippen LogP contribution in [0.25, 0.3) is 10.1 Å². The van der Waals surface area contributed by atoms with Crippen LogP contribution in [0.2, 0.25) is 0 Å². The smallest absolute Gasteiger partial charge is 0.353 e. The standard InChI is InChI=1S/C19H14FNO3S/c20-15-3-1-4-16-14(15)11-17(25-16)19(23)24-13-8-6-12(7-9-13)21-10-2-5-18(21)22/h1,3-4,6-9,11H,2,5,10H2. The Bertz CT molecular complexity index is 964. The zero-order chi connectivity index (χ0) is 17.4. The molecule has 3 aromatic rings. The maximum absolute atomic E-state index is 13.7. The number of carbonyl (C=O) groups is 2. The fraction of sp³-hybridized carbons (Fsp3) is 0.158. The molecular formula is C19H14FNO3S. The van der Waals surface area contributed by atoms with Crippen LogP contribution in [0.4, 0.5) is 10.1 Å². The van der Waals surface area contributed by atoms with Crippen LogP contribution in [0, 0.1) is 5.82 Å². The van der Waals surface area contributed by atoms with E-state index in [1.54, 1.807) is 41.3 Å². The Hall–Kier alpha value is -2.73. The number of carbonyl (C=O) groups excluding carboxylic acids is 2. The highest BCUT2D eigenvalue weighted by molar-refractivity contribution is 7.20. The van der Waals surface area contributed by atoms with Crippen LogP contribution in [0.3, 0.4) is 0 Å². The monoisotopic (exact) mass is 355 g/mol. The first kappa shape index (κ1) is 15.8. The molecule has 1 saturated heterocycles. The van der Waals surface area contributed by atoms with Gasteiger partial charge in [-0.3, -0.25) is 4.79 Å². The Balaban J connectivity index is 1.52. The molecule has 0 unspecified atom stereocenters. The van der Waals surface area contributed by atoms with Gasteiger partial charge < -0.3 is 9.64 Å². The van der Waals surface area contributed by atoms with Gasteiger partial charge in [-0.05, 0) is 48.9 Å². The molecule has 1 aliphatic heterocycles. The molecule has 0 radical (unpaired) electrons. The van der Waals surface area contributed by atoms with Crippen LogP contribution >= 0.6 is 11.3 Å². The van der Waals surface area contributed by atoms with Gasteiger partial charge in [0.2, 0.25) is 5.91 Å². The average Bonchev–Trinajstić information content (AvgIpc) is 3.23. The van der Waals surface area contributed by atoms with Crippen LogP contribution < -0.4 is 9.64 Å². The van der Waals surface area contributed by atoms with Crippen molar-refractivity contribution in [2.75, 3.05) is 11.4 Å². The van der Waals surface area contributed by atoms with E-state index in [0.717, 1.165) is 12.1 Å². The molecule has 0 atom stereocenters. The number of amides is 1. The van der Waals surface area contributed by atoms with Gasteiger partial charge in [0, 0.05) is 28.7 Å². The number of esters is 1. The highest BCUT2D eigenvalue weighted by Gasteiger charge is 2.21. The molecule has 0 aliphatic carbocycles. The second-order valence-electron chi connectivity index (χ2n) is 5.79. The summed E-state index contributed by atoms with van der Waals surface area (Å²) >= 11 is 1.20. The van der Waals surface area contributed by atoms with Gasteiger partial charge in [-0.15, -0.1) is 11.3 Å². The summed E-state index contributed by atoms with van der Waals surface area (Å²) in [5, 5.41) is 0.419. The summed E-state index contributed by atoms with van der Waals surface area (Å²) in [5.74, 6) is -0.381. The molecular weight excluding hydrogens is 341 g/mol. The fourth-order valence-corrected chi connectivity index (χ4v) is 3.85. The number of hydrogen-bond donors (Lipinski definition) is 0. The first-order valence-electron chi connectivity index (χ1n) is 7.92. The first-order valence-corrected chi connectivity index (χ1v) is 8.74. The number of fused-ring (bicyclic) bond motifs is 1. The topological polar surface area (TPSA) is 46.6 Å². The number of nitrogens with zero attached hydrogens (tertiary/aromatic N) is 1. The van der Waals surface area contributed by atoms with Crippen molar-refractivity contribution in [3.05, 3.63) is 59.2 Å². The zero-order valence-electron chi connectivity index (χ0n) is 13.2. The number of benzene rings is 2. The van der Waals surface area contributed by atoms with Crippen LogP contribution in [0.1, 0.15) is 22.5 Å². The van der Waals surface area contributed by atoms with Crippen molar-refractivity contribution in [3.63, 3.8) is 0 Å². The van der Waals surface area contributed by atoms with E-state index in [1.807, 2.05) is 0 Å². The largest absolute Gasteiger partial charge is 0.422 e. The minimum absolute atomic E-state index is 0.108. The maximum Gasteiger partial charge on any atom is 0.353 e. The number of anilines is 1. The van der Waals surface area contributed by atoms with Gasteiger partial charge in [-0.1, -0.05) is 6.07 Å². The predicted octanol–water partition coefficient (Wildman–Crippen LogP) is 4.39. The van der Waals surface area contributed by atoms with E-state index in [1.165, 1.54) is 23.5 Å². The van der Waals surface area contributed by atoms with Crippen molar-refractivity contribution in [3.8, 4) is 5.75 Å². The fourth-order valence-electron chi connectivity index (χ4n) is 2.90. The van der Waals surface area contributed by atoms with E-state index in [-0.39, 0.29) is 11.7 Å². The van der Waals surface area contributed by atoms with Crippen LogP contribution in [0.15, 0.2) is 48.5 Å².